The molecule has 2 aromatic carbocycles. The lowest BCUT2D eigenvalue weighted by Crippen LogP contribution is -1.88. The molecule has 0 heterocycles. The topological polar surface area (TPSA) is 43.1 Å². The predicted molar refractivity (Wildman–Crippen MR) is 57.9 cm³/mol. The number of benzene rings is 2. The van der Waals surface area contributed by atoms with E-state index in [1.165, 1.54) is 6.07 Å². The van der Waals surface area contributed by atoms with E-state index in [0.29, 0.717) is 5.39 Å². The van der Waals surface area contributed by atoms with Gasteiger partial charge in [-0.25, -0.2) is 0 Å². The van der Waals surface area contributed by atoms with E-state index in [0.717, 1.165) is 5.39 Å². The molecule has 0 radical (unpaired) electrons. The van der Waals surface area contributed by atoms with Crippen LogP contribution in [0.1, 0.15) is 0 Å². The number of nitro groups is 1. The number of hydrogen-bond donors (Lipinski definition) is 0. The van der Waals surface area contributed by atoms with Crippen LogP contribution < -0.4 is 0 Å². The van der Waals surface area contributed by atoms with Gasteiger partial charge in [0.1, 0.15) is 0 Å². The number of rotatable bonds is 1. The third-order valence-electron chi connectivity index (χ3n) is 1.96. The van der Waals surface area contributed by atoms with Gasteiger partial charge < -0.3 is 0 Å². The van der Waals surface area contributed by atoms with E-state index >= 15 is 0 Å². The average Bonchev–Trinajstić information content (AvgIpc) is 2.17. The molecule has 0 fully saturated rings. The molecule has 0 atom stereocenters. The molecule has 0 bridgehead atoms. The highest BCUT2D eigenvalue weighted by Gasteiger charge is 2.08. The second-order valence-corrected chi connectivity index (χ2v) is 2.76. The fraction of sp³-hybridized carbons (Fsp3) is 0. The Morgan fingerprint density at radius 3 is 2.36 bits per heavy atom. The summed E-state index contributed by atoms with van der Waals surface area (Å²) in [5.41, 5.74) is 0.165. The summed E-state index contributed by atoms with van der Waals surface area (Å²) >= 11 is 0. The lowest BCUT2D eigenvalue weighted by atomic mass is 10.1. The van der Waals surface area contributed by atoms with Crippen molar-refractivity contribution in [3.05, 3.63) is 52.6 Å². The van der Waals surface area contributed by atoms with E-state index in [4.69, 9.17) is 0 Å². The highest BCUT2D eigenvalue weighted by molar-refractivity contribution is 5.90. The molecule has 0 aliphatic carbocycles. The van der Waals surface area contributed by atoms with E-state index in [1.54, 1.807) is 18.2 Å². The first-order chi connectivity index (χ1) is 6.29. The van der Waals surface area contributed by atoms with Crippen molar-refractivity contribution in [2.75, 3.05) is 0 Å². The van der Waals surface area contributed by atoms with Gasteiger partial charge in [-0.05, 0) is 11.5 Å². The van der Waals surface area contributed by atoms with Gasteiger partial charge >= 0.3 is 0 Å². The maximum Gasteiger partial charge on any atom is 0.277 e. The zero-order chi connectivity index (χ0) is 9.26. The van der Waals surface area contributed by atoms with Crippen molar-refractivity contribution < 1.29 is 4.92 Å². The van der Waals surface area contributed by atoms with Gasteiger partial charge in [-0.1, -0.05) is 30.3 Å². The smallest absolute Gasteiger partial charge is 0.258 e. The Bertz CT molecular complexity index is 465. The first-order valence-corrected chi connectivity index (χ1v) is 3.91. The molecule has 0 aliphatic rings. The largest absolute Gasteiger partial charge is 0.277 e. The van der Waals surface area contributed by atoms with Gasteiger partial charge in [-0.3, -0.25) is 10.1 Å². The van der Waals surface area contributed by atoms with Crippen molar-refractivity contribution >= 4 is 28.9 Å². The van der Waals surface area contributed by atoms with Crippen molar-refractivity contribution in [1.29, 1.82) is 0 Å². The zero-order valence-electron chi connectivity index (χ0n) is 7.21. The minimum absolute atomic E-state index is 0. The molecule has 0 aliphatic heterocycles. The van der Waals surface area contributed by atoms with Gasteiger partial charge in [0.05, 0.1) is 10.3 Å². The van der Waals surface area contributed by atoms with E-state index in [-0.39, 0.29) is 23.0 Å². The van der Waals surface area contributed by atoms with Gasteiger partial charge in [0.2, 0.25) is 0 Å². The van der Waals surface area contributed by atoms with Gasteiger partial charge in [0.15, 0.2) is 0 Å². The first kappa shape index (κ1) is 10.5. The Morgan fingerprint density at radius 2 is 1.64 bits per heavy atom. The summed E-state index contributed by atoms with van der Waals surface area (Å²) in [7, 11) is 0. The van der Waals surface area contributed by atoms with Crippen LogP contribution in [-0.2, 0) is 0 Å². The maximum absolute atomic E-state index is 10.6. The van der Waals surface area contributed by atoms with Crippen LogP contribution in [0, 0.1) is 10.1 Å². The van der Waals surface area contributed by atoms with Gasteiger partial charge in [0.25, 0.3) is 5.69 Å². The lowest BCUT2D eigenvalue weighted by molar-refractivity contribution is -0.383. The van der Waals surface area contributed by atoms with E-state index in [2.05, 4.69) is 0 Å². The van der Waals surface area contributed by atoms with Crippen molar-refractivity contribution in [2.45, 2.75) is 0 Å². The summed E-state index contributed by atoms with van der Waals surface area (Å²) in [6.45, 7) is 0. The molecule has 0 N–H and O–H groups in total. The molecule has 0 saturated carbocycles. The monoisotopic (exact) mass is 209 g/mol. The number of nitro benzene ring substituents is 1. The molecule has 0 spiro atoms. The van der Waals surface area contributed by atoms with Gasteiger partial charge in [-0.15, -0.1) is 12.4 Å². The highest BCUT2D eigenvalue weighted by atomic mass is 35.5. The third kappa shape index (κ3) is 1.67. The summed E-state index contributed by atoms with van der Waals surface area (Å²) in [6, 6.07) is 12.4. The molecule has 14 heavy (non-hydrogen) atoms. The lowest BCUT2D eigenvalue weighted by Gasteiger charge is -1.97. The quantitative estimate of drug-likeness (QED) is 0.535. The molecule has 2 rings (SSSR count). The fourth-order valence-corrected chi connectivity index (χ4v) is 1.37. The fourth-order valence-electron chi connectivity index (χ4n) is 1.37. The Kier molecular flexibility index (Phi) is 3.04. The minimum atomic E-state index is -0.359. The summed E-state index contributed by atoms with van der Waals surface area (Å²) < 4.78 is 0. The molecule has 3 nitrogen and oxygen atoms in total. The van der Waals surface area contributed by atoms with Crippen molar-refractivity contribution in [2.24, 2.45) is 0 Å². The Hall–Kier alpha value is -1.61. The normalized spacial score (nSPS) is 9.43. The summed E-state index contributed by atoms with van der Waals surface area (Å²) in [5, 5.41) is 12.2. The number of fused-ring (bicyclic) bond motifs is 1. The molecule has 0 unspecified atom stereocenters. The number of nitrogens with zero attached hydrogens (tertiary/aromatic N) is 1. The third-order valence-corrected chi connectivity index (χ3v) is 1.96. The molecular formula is C10H8ClNO2. The van der Waals surface area contributed by atoms with Crippen LogP contribution in [0.2, 0.25) is 0 Å². The Morgan fingerprint density at radius 1 is 1.00 bits per heavy atom. The van der Waals surface area contributed by atoms with Crippen LogP contribution in [-0.4, -0.2) is 4.92 Å². The van der Waals surface area contributed by atoms with Crippen molar-refractivity contribution in [1.82, 2.24) is 0 Å². The molecule has 72 valence electrons. The number of halogens is 1. The highest BCUT2D eigenvalue weighted by Crippen LogP contribution is 2.24. The van der Waals surface area contributed by atoms with Crippen LogP contribution in [0.5, 0.6) is 0 Å². The van der Waals surface area contributed by atoms with Crippen LogP contribution >= 0.6 is 12.4 Å². The van der Waals surface area contributed by atoms with Crippen LogP contribution in [0.25, 0.3) is 10.8 Å². The molecule has 2 aromatic rings. The maximum atomic E-state index is 10.6. The van der Waals surface area contributed by atoms with Crippen molar-refractivity contribution in [3.8, 4) is 0 Å². The van der Waals surface area contributed by atoms with E-state index in [1.807, 2.05) is 18.2 Å². The predicted octanol–water partition coefficient (Wildman–Crippen LogP) is 3.17. The van der Waals surface area contributed by atoms with Gasteiger partial charge in [-0.2, -0.15) is 0 Å². The standard InChI is InChI=1S/C10H7NO2.ClH/c12-11(13)10-7-3-5-8-4-1-2-6-9(8)10;/h1-7H;1H. The SMILES string of the molecule is Cl.O=[N+]([O-])c1cccc2ccccc12. The van der Waals surface area contributed by atoms with Crippen LogP contribution in [0.4, 0.5) is 5.69 Å². The molecular weight excluding hydrogens is 202 g/mol. The average molecular weight is 210 g/mol. The minimum Gasteiger partial charge on any atom is -0.258 e. The van der Waals surface area contributed by atoms with Crippen molar-refractivity contribution in [3.63, 3.8) is 0 Å². The first-order valence-electron chi connectivity index (χ1n) is 3.91. The molecule has 0 saturated heterocycles. The summed E-state index contributed by atoms with van der Waals surface area (Å²) in [6.07, 6.45) is 0. The molecule has 0 amide bonds. The van der Waals surface area contributed by atoms with E-state index < -0.39 is 0 Å². The second-order valence-electron chi connectivity index (χ2n) is 2.76. The second kappa shape index (κ2) is 4.07. The van der Waals surface area contributed by atoms with Crippen LogP contribution in [0.3, 0.4) is 0 Å². The molecule has 4 heteroatoms. The van der Waals surface area contributed by atoms with Gasteiger partial charge in [0, 0.05) is 6.07 Å². The number of non-ortho nitro benzene ring substituents is 1. The summed E-state index contributed by atoms with van der Waals surface area (Å²) in [4.78, 5) is 10.3. The number of hydrogen-bond acceptors (Lipinski definition) is 2. The summed E-state index contributed by atoms with van der Waals surface area (Å²) in [5.74, 6) is 0. The molecule has 0 aromatic heterocycles. The Labute approximate surface area is 86.9 Å². The zero-order valence-corrected chi connectivity index (χ0v) is 8.03. The Balaban J connectivity index is 0.000000980. The van der Waals surface area contributed by atoms with Crippen LogP contribution in [0.15, 0.2) is 42.5 Å². The van der Waals surface area contributed by atoms with E-state index in [9.17, 15) is 10.1 Å².